The van der Waals surface area contributed by atoms with Crippen LogP contribution < -0.4 is 5.73 Å². The quantitative estimate of drug-likeness (QED) is 0.518. The third-order valence-electron chi connectivity index (χ3n) is 6.11. The third kappa shape index (κ3) is 5.23. The summed E-state index contributed by atoms with van der Waals surface area (Å²) in [6.07, 6.45) is 8.72. The summed E-state index contributed by atoms with van der Waals surface area (Å²) in [5.74, 6) is -1.57. The second kappa shape index (κ2) is 10.4. The van der Waals surface area contributed by atoms with Crippen LogP contribution in [0.2, 0.25) is 0 Å². The number of rotatable bonds is 10. The van der Waals surface area contributed by atoms with Crippen molar-refractivity contribution in [3.8, 4) is 0 Å². The summed E-state index contributed by atoms with van der Waals surface area (Å²) in [6, 6.07) is 7.15. The van der Waals surface area contributed by atoms with Crippen molar-refractivity contribution in [2.45, 2.75) is 38.1 Å². The number of carbonyl (C=O) groups is 3. The van der Waals surface area contributed by atoms with Crippen LogP contribution in [0.4, 0.5) is 0 Å². The molecule has 1 aliphatic carbocycles. The van der Waals surface area contributed by atoms with E-state index < -0.39 is 17.9 Å². The van der Waals surface area contributed by atoms with Gasteiger partial charge in [-0.3, -0.25) is 14.4 Å². The molecule has 1 aromatic carbocycles. The highest BCUT2D eigenvalue weighted by atomic mass is 16.5. The van der Waals surface area contributed by atoms with Crippen molar-refractivity contribution in [3.05, 3.63) is 71.6 Å². The lowest BCUT2D eigenvalue weighted by molar-refractivity contribution is -0.142. The second-order valence-corrected chi connectivity index (χ2v) is 8.30. The van der Waals surface area contributed by atoms with Crippen molar-refractivity contribution >= 4 is 17.8 Å². The number of primary amides is 1. The highest BCUT2D eigenvalue weighted by Crippen LogP contribution is 2.34. The molecular formula is C24H27N5O5. The van der Waals surface area contributed by atoms with Gasteiger partial charge in [-0.25, -0.2) is 4.68 Å². The van der Waals surface area contributed by atoms with Gasteiger partial charge in [-0.2, -0.15) is 0 Å². The lowest BCUT2D eigenvalue weighted by Gasteiger charge is -2.26. The van der Waals surface area contributed by atoms with Gasteiger partial charge in [0.05, 0.1) is 32.6 Å². The first-order chi connectivity index (χ1) is 16.5. The second-order valence-electron chi connectivity index (χ2n) is 8.30. The highest BCUT2D eigenvalue weighted by Gasteiger charge is 2.44. The van der Waals surface area contributed by atoms with Gasteiger partial charge in [-0.05, 0) is 17.5 Å². The number of amides is 2. The number of esters is 1. The predicted molar refractivity (Wildman–Crippen MR) is 121 cm³/mol. The molecule has 2 heterocycles. The Labute approximate surface area is 197 Å². The van der Waals surface area contributed by atoms with Crippen LogP contribution in [0.3, 0.4) is 0 Å². The van der Waals surface area contributed by atoms with Gasteiger partial charge in [-0.1, -0.05) is 47.7 Å². The van der Waals surface area contributed by atoms with Gasteiger partial charge in [0.15, 0.2) is 0 Å². The summed E-state index contributed by atoms with van der Waals surface area (Å²) in [5, 5.41) is 7.77. The maximum Gasteiger partial charge on any atom is 0.305 e. The van der Waals surface area contributed by atoms with Crippen LogP contribution in [0, 0.1) is 5.92 Å². The molecule has 2 aromatic rings. The first-order valence-corrected chi connectivity index (χ1v) is 11.0. The molecule has 2 N–H and O–H groups in total. The molecule has 10 heteroatoms. The Balaban J connectivity index is 1.37. The molecule has 4 rings (SSSR count). The van der Waals surface area contributed by atoms with Gasteiger partial charge in [-0.15, -0.1) is 5.10 Å². The maximum atomic E-state index is 13.0. The fourth-order valence-electron chi connectivity index (χ4n) is 4.28. The van der Waals surface area contributed by atoms with Crippen LogP contribution >= 0.6 is 0 Å². The van der Waals surface area contributed by atoms with E-state index in [9.17, 15) is 14.4 Å². The minimum atomic E-state index is -0.878. The normalized spacial score (nSPS) is 20.1. The molecule has 178 valence electrons. The summed E-state index contributed by atoms with van der Waals surface area (Å²) in [4.78, 5) is 38.1. The van der Waals surface area contributed by atoms with Crippen molar-refractivity contribution in [1.82, 2.24) is 19.9 Å². The van der Waals surface area contributed by atoms with E-state index in [4.69, 9.17) is 10.5 Å². The van der Waals surface area contributed by atoms with E-state index in [0.717, 1.165) is 11.1 Å². The standard InChI is InChI=1S/C24H27N5O5/c1-33-22(30)10-9-20(23(25)31)29-14-19-18(24(29)32)3-2-4-21(19)34-15-17-7-5-16(6-8-17)13-28-12-11-26-27-28/h2-8,11-12,19-21H,9-10,13-15H2,1H3,(H2,25,31). The predicted octanol–water partition coefficient (Wildman–Crippen LogP) is 0.973. The number of likely N-dealkylation sites (tertiary alicyclic amines) is 1. The Hall–Kier alpha value is -3.79. The Morgan fingerprint density at radius 2 is 2.00 bits per heavy atom. The molecule has 1 aromatic heterocycles. The molecule has 1 aliphatic heterocycles. The van der Waals surface area contributed by atoms with Gasteiger partial charge in [0.2, 0.25) is 5.91 Å². The molecule has 0 bridgehead atoms. The van der Waals surface area contributed by atoms with E-state index >= 15 is 0 Å². The lowest BCUT2D eigenvalue weighted by Crippen LogP contribution is -2.46. The van der Waals surface area contributed by atoms with E-state index in [1.54, 1.807) is 23.0 Å². The average Bonchev–Trinajstić information content (AvgIpc) is 3.47. The smallest absolute Gasteiger partial charge is 0.305 e. The van der Waals surface area contributed by atoms with Gasteiger partial charge in [0.25, 0.3) is 5.91 Å². The zero-order chi connectivity index (χ0) is 24.1. The van der Waals surface area contributed by atoms with Crippen LogP contribution in [0.25, 0.3) is 0 Å². The van der Waals surface area contributed by atoms with E-state index in [2.05, 4.69) is 15.0 Å². The molecule has 2 aliphatic rings. The van der Waals surface area contributed by atoms with E-state index in [1.165, 1.54) is 12.0 Å². The number of carbonyl (C=O) groups excluding carboxylic acids is 3. The van der Waals surface area contributed by atoms with Crippen molar-refractivity contribution in [2.75, 3.05) is 13.7 Å². The van der Waals surface area contributed by atoms with Crippen LogP contribution in [0.1, 0.15) is 24.0 Å². The minimum absolute atomic E-state index is 0.00266. The number of fused-ring (bicyclic) bond motifs is 1. The summed E-state index contributed by atoms with van der Waals surface area (Å²) in [7, 11) is 1.28. The number of allylic oxidation sites excluding steroid dienone is 2. The molecule has 0 radical (unpaired) electrons. The molecular weight excluding hydrogens is 438 g/mol. The number of aromatic nitrogens is 3. The monoisotopic (exact) mass is 465 g/mol. The fourth-order valence-corrected chi connectivity index (χ4v) is 4.28. The van der Waals surface area contributed by atoms with Gasteiger partial charge in [0, 0.05) is 30.7 Å². The van der Waals surface area contributed by atoms with E-state index in [-0.39, 0.29) is 30.8 Å². The zero-order valence-corrected chi connectivity index (χ0v) is 18.9. The van der Waals surface area contributed by atoms with Crippen LogP contribution in [0.5, 0.6) is 0 Å². The Morgan fingerprint density at radius 1 is 1.24 bits per heavy atom. The molecule has 1 saturated heterocycles. The fraction of sp³-hybridized carbons (Fsp3) is 0.375. The number of benzene rings is 1. The Kier molecular flexibility index (Phi) is 7.17. The van der Waals surface area contributed by atoms with Gasteiger partial charge in [0.1, 0.15) is 6.04 Å². The molecule has 0 saturated carbocycles. The number of ether oxygens (including phenoxy) is 2. The molecule has 2 amide bonds. The summed E-state index contributed by atoms with van der Waals surface area (Å²) in [6.45, 7) is 1.31. The molecule has 3 atom stereocenters. The molecule has 10 nitrogen and oxygen atoms in total. The zero-order valence-electron chi connectivity index (χ0n) is 18.9. The number of nitrogens with two attached hydrogens (primary N) is 1. The average molecular weight is 466 g/mol. The van der Waals surface area contributed by atoms with Gasteiger partial charge >= 0.3 is 5.97 Å². The third-order valence-corrected chi connectivity index (χ3v) is 6.11. The maximum absolute atomic E-state index is 13.0. The first kappa shape index (κ1) is 23.4. The topological polar surface area (TPSA) is 130 Å². The first-order valence-electron chi connectivity index (χ1n) is 11.0. The largest absolute Gasteiger partial charge is 0.469 e. The molecule has 3 unspecified atom stereocenters. The molecule has 0 spiro atoms. The van der Waals surface area contributed by atoms with Crippen LogP contribution in [-0.4, -0.2) is 63.5 Å². The van der Waals surface area contributed by atoms with E-state index in [1.807, 2.05) is 36.5 Å². The number of nitrogens with zero attached hydrogens (tertiary/aromatic N) is 4. The van der Waals surface area contributed by atoms with Crippen molar-refractivity contribution in [1.29, 1.82) is 0 Å². The van der Waals surface area contributed by atoms with Gasteiger partial charge < -0.3 is 20.1 Å². The number of hydrogen-bond acceptors (Lipinski definition) is 7. The Bertz CT molecular complexity index is 1090. The van der Waals surface area contributed by atoms with Crippen molar-refractivity contribution < 1.29 is 23.9 Å². The Morgan fingerprint density at radius 3 is 2.68 bits per heavy atom. The van der Waals surface area contributed by atoms with Crippen LogP contribution in [-0.2, 0) is 37.0 Å². The lowest BCUT2D eigenvalue weighted by atomic mass is 9.91. The SMILES string of the molecule is COC(=O)CCC(C(N)=O)N1CC2C(=CC=CC2OCc2ccc(Cn3ccnn3)cc2)C1=O. The molecule has 1 fully saturated rings. The van der Waals surface area contributed by atoms with Crippen molar-refractivity contribution in [2.24, 2.45) is 11.7 Å². The minimum Gasteiger partial charge on any atom is -0.469 e. The molecule has 34 heavy (non-hydrogen) atoms. The number of hydrogen-bond donors (Lipinski definition) is 1. The summed E-state index contributed by atoms with van der Waals surface area (Å²) < 4.78 is 12.6. The van der Waals surface area contributed by atoms with Crippen molar-refractivity contribution in [3.63, 3.8) is 0 Å². The highest BCUT2D eigenvalue weighted by molar-refractivity contribution is 6.00. The number of methoxy groups -OCH3 is 1. The van der Waals surface area contributed by atoms with E-state index in [0.29, 0.717) is 25.3 Å². The summed E-state index contributed by atoms with van der Waals surface area (Å²) in [5.41, 5.74) is 8.24. The van der Waals surface area contributed by atoms with Crippen LogP contribution in [0.15, 0.2) is 60.5 Å². The summed E-state index contributed by atoms with van der Waals surface area (Å²) >= 11 is 0.